The van der Waals surface area contributed by atoms with Crippen molar-refractivity contribution in [2.75, 3.05) is 6.26 Å². The topological polar surface area (TPSA) is 38.7 Å². The van der Waals surface area contributed by atoms with E-state index >= 15 is 0 Å². The van der Waals surface area contributed by atoms with Gasteiger partial charge in [-0.25, -0.2) is 18.7 Å². The summed E-state index contributed by atoms with van der Waals surface area (Å²) in [7, 11) is 0. The molecule has 0 aliphatic heterocycles. The number of fused-ring (bicyclic) bond motifs is 1. The molecule has 2 aromatic heterocycles. The molecular formula is C12H15F2N3S. The number of hydrogen-bond acceptors (Lipinski definition) is 4. The number of halogens is 2. The standard InChI is InChI=1S/C10H9F2N3S.C2H6/c1-5-3-13-8(9(11)12)6-4-14-10(16-2)15-7(5)6;1-2/h3-4,9H,1-2H3;1-2H3. The minimum Gasteiger partial charge on any atom is -0.254 e. The SMILES string of the molecule is CC.CSc1ncc2c(C(F)F)ncc(C)c2n1. The lowest BCUT2D eigenvalue weighted by molar-refractivity contribution is 0.148. The minimum absolute atomic E-state index is 0.256. The smallest absolute Gasteiger partial charge is 0.254 e. The first-order valence-electron chi connectivity index (χ1n) is 5.58. The molecule has 2 aromatic rings. The second kappa shape index (κ2) is 6.58. The normalized spacial score (nSPS) is 10.4. The summed E-state index contributed by atoms with van der Waals surface area (Å²) in [5.41, 5.74) is 1.06. The molecule has 0 unspecified atom stereocenters. The van der Waals surface area contributed by atoms with Crippen LogP contribution in [0.5, 0.6) is 0 Å². The van der Waals surface area contributed by atoms with Gasteiger partial charge < -0.3 is 0 Å². The highest BCUT2D eigenvalue weighted by molar-refractivity contribution is 7.98. The Morgan fingerprint density at radius 3 is 2.39 bits per heavy atom. The third-order valence-corrected chi connectivity index (χ3v) is 2.76. The van der Waals surface area contributed by atoms with Gasteiger partial charge in [0.05, 0.1) is 5.52 Å². The van der Waals surface area contributed by atoms with Crippen molar-refractivity contribution in [3.8, 4) is 0 Å². The van der Waals surface area contributed by atoms with E-state index in [2.05, 4.69) is 15.0 Å². The van der Waals surface area contributed by atoms with Gasteiger partial charge in [0, 0.05) is 17.8 Å². The fourth-order valence-corrected chi connectivity index (χ4v) is 1.76. The zero-order valence-electron chi connectivity index (χ0n) is 10.7. The average molecular weight is 271 g/mol. The summed E-state index contributed by atoms with van der Waals surface area (Å²) in [6.07, 6.45) is 2.06. The first kappa shape index (κ1) is 14.8. The third-order valence-electron chi connectivity index (χ3n) is 2.20. The van der Waals surface area contributed by atoms with E-state index < -0.39 is 6.43 Å². The highest BCUT2D eigenvalue weighted by atomic mass is 32.2. The summed E-state index contributed by atoms with van der Waals surface area (Å²) >= 11 is 1.38. The number of pyridine rings is 1. The van der Waals surface area contributed by atoms with E-state index in [0.29, 0.717) is 16.1 Å². The lowest BCUT2D eigenvalue weighted by Gasteiger charge is -2.06. The summed E-state index contributed by atoms with van der Waals surface area (Å²) < 4.78 is 25.4. The van der Waals surface area contributed by atoms with Crippen molar-refractivity contribution in [2.45, 2.75) is 32.4 Å². The van der Waals surface area contributed by atoms with Crippen molar-refractivity contribution in [1.29, 1.82) is 0 Å². The molecule has 0 amide bonds. The Balaban J connectivity index is 0.000000771. The van der Waals surface area contributed by atoms with Crippen LogP contribution in [0.4, 0.5) is 8.78 Å². The number of alkyl halides is 2. The molecule has 0 N–H and O–H groups in total. The first-order valence-corrected chi connectivity index (χ1v) is 6.80. The quantitative estimate of drug-likeness (QED) is 0.611. The lowest BCUT2D eigenvalue weighted by atomic mass is 10.2. The van der Waals surface area contributed by atoms with Crippen molar-refractivity contribution in [1.82, 2.24) is 15.0 Å². The van der Waals surface area contributed by atoms with Crippen LogP contribution in [0.25, 0.3) is 10.9 Å². The molecule has 0 atom stereocenters. The van der Waals surface area contributed by atoms with E-state index in [4.69, 9.17) is 0 Å². The van der Waals surface area contributed by atoms with Gasteiger partial charge in [-0.1, -0.05) is 25.6 Å². The second-order valence-corrected chi connectivity index (χ2v) is 4.02. The van der Waals surface area contributed by atoms with Crippen molar-refractivity contribution < 1.29 is 8.78 Å². The molecule has 0 aliphatic carbocycles. The van der Waals surface area contributed by atoms with Crippen LogP contribution < -0.4 is 0 Å². The van der Waals surface area contributed by atoms with E-state index in [1.807, 2.05) is 20.1 Å². The molecule has 0 radical (unpaired) electrons. The van der Waals surface area contributed by atoms with Crippen LogP contribution in [-0.2, 0) is 0 Å². The Labute approximate surface area is 109 Å². The molecule has 2 rings (SSSR count). The fraction of sp³-hybridized carbons (Fsp3) is 0.417. The lowest BCUT2D eigenvalue weighted by Crippen LogP contribution is -1.97. The Hall–Kier alpha value is -1.30. The zero-order chi connectivity index (χ0) is 13.7. The number of aryl methyl sites for hydroxylation is 1. The molecule has 6 heteroatoms. The maximum absolute atomic E-state index is 12.7. The van der Waals surface area contributed by atoms with E-state index in [1.54, 1.807) is 6.92 Å². The summed E-state index contributed by atoms with van der Waals surface area (Å²) in [6.45, 7) is 5.79. The molecule has 0 fully saturated rings. The summed E-state index contributed by atoms with van der Waals surface area (Å²) in [4.78, 5) is 11.9. The van der Waals surface area contributed by atoms with Gasteiger partial charge in [0.25, 0.3) is 6.43 Å². The number of nitrogens with zero attached hydrogens (tertiary/aromatic N) is 3. The molecule has 3 nitrogen and oxygen atoms in total. The maximum atomic E-state index is 12.7. The predicted octanol–water partition coefficient (Wildman–Crippen LogP) is 4.02. The van der Waals surface area contributed by atoms with Crippen molar-refractivity contribution >= 4 is 22.7 Å². The Kier molecular flexibility index (Phi) is 5.40. The average Bonchev–Trinajstić information content (AvgIpc) is 2.41. The van der Waals surface area contributed by atoms with Crippen LogP contribution in [0.3, 0.4) is 0 Å². The summed E-state index contributed by atoms with van der Waals surface area (Å²) in [6, 6.07) is 0. The number of aromatic nitrogens is 3. The van der Waals surface area contributed by atoms with Gasteiger partial charge in [-0.05, 0) is 18.7 Å². The van der Waals surface area contributed by atoms with Gasteiger partial charge in [-0.2, -0.15) is 0 Å². The minimum atomic E-state index is -2.60. The van der Waals surface area contributed by atoms with Crippen LogP contribution in [0.2, 0.25) is 0 Å². The number of thioether (sulfide) groups is 1. The molecule has 0 aromatic carbocycles. The Morgan fingerprint density at radius 1 is 1.17 bits per heavy atom. The van der Waals surface area contributed by atoms with E-state index in [-0.39, 0.29) is 5.69 Å². The molecule has 0 saturated carbocycles. The van der Waals surface area contributed by atoms with Gasteiger partial charge >= 0.3 is 0 Å². The number of rotatable bonds is 2. The van der Waals surface area contributed by atoms with Crippen LogP contribution in [0.15, 0.2) is 17.6 Å². The third kappa shape index (κ3) is 2.93. The van der Waals surface area contributed by atoms with E-state index in [1.165, 1.54) is 24.2 Å². The van der Waals surface area contributed by atoms with Crippen LogP contribution in [-0.4, -0.2) is 21.2 Å². The largest absolute Gasteiger partial charge is 0.281 e. The van der Waals surface area contributed by atoms with Gasteiger partial charge in [0.15, 0.2) is 5.16 Å². The van der Waals surface area contributed by atoms with E-state index in [0.717, 1.165) is 5.56 Å². The van der Waals surface area contributed by atoms with Crippen LogP contribution in [0.1, 0.15) is 31.5 Å². The molecule has 18 heavy (non-hydrogen) atoms. The highest BCUT2D eigenvalue weighted by Gasteiger charge is 2.15. The molecule has 2 heterocycles. The van der Waals surface area contributed by atoms with Crippen molar-refractivity contribution in [3.05, 3.63) is 23.7 Å². The van der Waals surface area contributed by atoms with Crippen molar-refractivity contribution in [2.24, 2.45) is 0 Å². The van der Waals surface area contributed by atoms with Gasteiger partial charge in [0.1, 0.15) is 5.69 Å². The zero-order valence-corrected chi connectivity index (χ0v) is 11.6. The predicted molar refractivity (Wildman–Crippen MR) is 70.2 cm³/mol. The monoisotopic (exact) mass is 271 g/mol. The van der Waals surface area contributed by atoms with Gasteiger partial charge in [0.2, 0.25) is 0 Å². The Morgan fingerprint density at radius 2 is 1.83 bits per heavy atom. The van der Waals surface area contributed by atoms with Gasteiger partial charge in [-0.15, -0.1) is 0 Å². The fourth-order valence-electron chi connectivity index (χ4n) is 1.42. The molecule has 0 spiro atoms. The van der Waals surface area contributed by atoms with E-state index in [9.17, 15) is 8.78 Å². The summed E-state index contributed by atoms with van der Waals surface area (Å²) in [5.74, 6) is 0. The van der Waals surface area contributed by atoms with Crippen molar-refractivity contribution in [3.63, 3.8) is 0 Å². The summed E-state index contributed by atoms with van der Waals surface area (Å²) in [5, 5.41) is 0.898. The second-order valence-electron chi connectivity index (χ2n) is 3.25. The highest BCUT2D eigenvalue weighted by Crippen LogP contribution is 2.26. The molecule has 98 valence electrons. The molecular weight excluding hydrogens is 256 g/mol. The number of hydrogen-bond donors (Lipinski definition) is 0. The first-order chi connectivity index (χ1) is 8.63. The van der Waals surface area contributed by atoms with Crippen LogP contribution >= 0.6 is 11.8 Å². The molecule has 0 saturated heterocycles. The molecule has 0 aliphatic rings. The van der Waals surface area contributed by atoms with Crippen LogP contribution in [0, 0.1) is 6.92 Å². The molecule has 0 bridgehead atoms. The Bertz CT molecular complexity index is 532. The van der Waals surface area contributed by atoms with Gasteiger partial charge in [-0.3, -0.25) is 4.98 Å². The maximum Gasteiger partial charge on any atom is 0.281 e.